The van der Waals surface area contributed by atoms with E-state index in [1.54, 1.807) is 4.90 Å². The number of fused-ring (bicyclic) bond motifs is 1. The maximum Gasteiger partial charge on any atom is 0.226 e. The first-order valence-electron chi connectivity index (χ1n) is 4.95. The number of likely N-dealkylation sites (tertiary alicyclic amines) is 1. The lowest BCUT2D eigenvalue weighted by Crippen LogP contribution is -2.54. The summed E-state index contributed by atoms with van der Waals surface area (Å²) >= 11 is 0. The lowest BCUT2D eigenvalue weighted by molar-refractivity contribution is -0.143. The van der Waals surface area contributed by atoms with Gasteiger partial charge in [0.05, 0.1) is 6.10 Å². The van der Waals surface area contributed by atoms with Crippen LogP contribution in [0.25, 0.3) is 0 Å². The summed E-state index contributed by atoms with van der Waals surface area (Å²) in [5.41, 5.74) is 0. The van der Waals surface area contributed by atoms with Crippen LogP contribution >= 0.6 is 0 Å². The van der Waals surface area contributed by atoms with Crippen LogP contribution in [0.15, 0.2) is 0 Å². The summed E-state index contributed by atoms with van der Waals surface area (Å²) in [6.45, 7) is 3.14. The van der Waals surface area contributed by atoms with Crippen molar-refractivity contribution in [3.63, 3.8) is 0 Å². The molecule has 0 bridgehead atoms. The molecule has 13 heavy (non-hydrogen) atoms. The Morgan fingerprint density at radius 3 is 2.46 bits per heavy atom. The maximum absolute atomic E-state index is 11.7. The van der Waals surface area contributed by atoms with Crippen molar-refractivity contribution in [2.24, 2.45) is 17.8 Å². The highest BCUT2D eigenvalue weighted by Crippen LogP contribution is 2.49. The van der Waals surface area contributed by atoms with Gasteiger partial charge in [-0.2, -0.15) is 0 Å². The Bertz CT molecular complexity index is 240. The van der Waals surface area contributed by atoms with Gasteiger partial charge in [0.15, 0.2) is 0 Å². The molecule has 0 aromatic rings. The average molecular weight is 182 g/mol. The van der Waals surface area contributed by atoms with Crippen molar-refractivity contribution >= 4 is 5.91 Å². The number of aliphatic hydroxyl groups excluding tert-OH is 1. The van der Waals surface area contributed by atoms with E-state index in [2.05, 4.69) is 5.32 Å². The monoisotopic (exact) mass is 182 g/mol. The number of carbonyl (C=O) groups is 1. The summed E-state index contributed by atoms with van der Waals surface area (Å²) in [5, 5.41) is 12.3. The first-order valence-corrected chi connectivity index (χ1v) is 4.95. The van der Waals surface area contributed by atoms with E-state index in [4.69, 9.17) is 5.11 Å². The fraction of sp³-hybridized carbons (Fsp3) is 0.889. The standard InChI is InChI=1S/C9H14N2O2/c12-5-3-11(4-5)9(13)8-6-1-10-2-7(6)8/h5-8,10,12H,1-4H2/t6-,7+,8?. The van der Waals surface area contributed by atoms with Crippen molar-refractivity contribution in [3.05, 3.63) is 0 Å². The Morgan fingerprint density at radius 2 is 1.92 bits per heavy atom. The molecule has 2 saturated heterocycles. The Balaban J connectivity index is 1.59. The number of piperidine rings is 1. The molecule has 1 unspecified atom stereocenters. The molecule has 2 aliphatic heterocycles. The quantitative estimate of drug-likeness (QED) is 0.527. The van der Waals surface area contributed by atoms with Crippen LogP contribution in [0.3, 0.4) is 0 Å². The lowest BCUT2D eigenvalue weighted by atomic mass is 10.1. The number of β-amino-alcohol motifs (C(OH)–C–C–N with tert-alkyl or cyclic N) is 1. The third-order valence-electron chi connectivity index (χ3n) is 3.55. The van der Waals surface area contributed by atoms with E-state index in [-0.39, 0.29) is 17.9 Å². The van der Waals surface area contributed by atoms with Gasteiger partial charge in [-0.15, -0.1) is 0 Å². The van der Waals surface area contributed by atoms with E-state index in [1.165, 1.54) is 0 Å². The van der Waals surface area contributed by atoms with Crippen LogP contribution < -0.4 is 5.32 Å². The Kier molecular flexibility index (Phi) is 1.46. The molecule has 1 aliphatic carbocycles. The highest BCUT2D eigenvalue weighted by molar-refractivity contribution is 5.83. The SMILES string of the molecule is O=C(C1[C@H]2CNC[C@@H]12)N1CC(O)C1. The van der Waals surface area contributed by atoms with Gasteiger partial charge in [0.2, 0.25) is 5.91 Å². The second-order valence-electron chi connectivity index (χ2n) is 4.41. The number of nitrogens with zero attached hydrogens (tertiary/aromatic N) is 1. The smallest absolute Gasteiger partial charge is 0.226 e. The number of hydrogen-bond acceptors (Lipinski definition) is 3. The minimum atomic E-state index is -0.263. The minimum absolute atomic E-state index is 0.263. The number of amides is 1. The molecular formula is C9H14N2O2. The molecular weight excluding hydrogens is 168 g/mol. The number of hydrogen-bond donors (Lipinski definition) is 2. The van der Waals surface area contributed by atoms with Crippen molar-refractivity contribution in [2.75, 3.05) is 26.2 Å². The van der Waals surface area contributed by atoms with Crippen molar-refractivity contribution in [2.45, 2.75) is 6.10 Å². The third-order valence-corrected chi connectivity index (χ3v) is 3.55. The number of carbonyl (C=O) groups excluding carboxylic acids is 1. The minimum Gasteiger partial charge on any atom is -0.389 e. The van der Waals surface area contributed by atoms with E-state index in [1.807, 2.05) is 0 Å². The zero-order valence-corrected chi connectivity index (χ0v) is 7.44. The van der Waals surface area contributed by atoms with Gasteiger partial charge in [0, 0.05) is 19.0 Å². The number of aliphatic hydroxyl groups is 1. The van der Waals surface area contributed by atoms with Gasteiger partial charge in [0.25, 0.3) is 0 Å². The predicted molar refractivity (Wildman–Crippen MR) is 45.9 cm³/mol. The van der Waals surface area contributed by atoms with Crippen molar-refractivity contribution < 1.29 is 9.90 Å². The summed E-state index contributed by atoms with van der Waals surface area (Å²) in [5.74, 6) is 1.77. The van der Waals surface area contributed by atoms with Gasteiger partial charge in [0.1, 0.15) is 0 Å². The van der Waals surface area contributed by atoms with Gasteiger partial charge in [-0.25, -0.2) is 0 Å². The Labute approximate surface area is 76.9 Å². The second-order valence-corrected chi connectivity index (χ2v) is 4.41. The number of rotatable bonds is 1. The molecule has 2 N–H and O–H groups in total. The Hall–Kier alpha value is -0.610. The van der Waals surface area contributed by atoms with Gasteiger partial charge >= 0.3 is 0 Å². The largest absolute Gasteiger partial charge is 0.389 e. The maximum atomic E-state index is 11.7. The molecule has 2 heterocycles. The zero-order valence-electron chi connectivity index (χ0n) is 7.44. The van der Waals surface area contributed by atoms with Gasteiger partial charge in [-0.3, -0.25) is 4.79 Å². The lowest BCUT2D eigenvalue weighted by Gasteiger charge is -2.36. The van der Waals surface area contributed by atoms with Crippen LogP contribution in [-0.2, 0) is 4.79 Å². The third kappa shape index (κ3) is 1.02. The molecule has 0 aromatic carbocycles. The molecule has 3 aliphatic rings. The summed E-state index contributed by atoms with van der Waals surface area (Å²) in [6.07, 6.45) is -0.263. The molecule has 4 heteroatoms. The second kappa shape index (κ2) is 2.45. The van der Waals surface area contributed by atoms with E-state index < -0.39 is 0 Å². The number of nitrogens with one attached hydrogen (secondary N) is 1. The van der Waals surface area contributed by atoms with E-state index in [0.717, 1.165) is 13.1 Å². The van der Waals surface area contributed by atoms with Crippen molar-refractivity contribution in [1.82, 2.24) is 10.2 Å². The van der Waals surface area contributed by atoms with Crippen LogP contribution in [0.5, 0.6) is 0 Å². The molecule has 0 aromatic heterocycles. The van der Waals surface area contributed by atoms with Gasteiger partial charge in [-0.05, 0) is 24.9 Å². The van der Waals surface area contributed by atoms with Crippen LogP contribution in [-0.4, -0.2) is 48.2 Å². The molecule has 3 atom stereocenters. The molecule has 0 spiro atoms. The Morgan fingerprint density at radius 1 is 1.31 bits per heavy atom. The van der Waals surface area contributed by atoms with E-state index in [9.17, 15) is 4.79 Å². The normalized spacial score (nSPS) is 42.8. The summed E-state index contributed by atoms with van der Waals surface area (Å²) in [4.78, 5) is 13.5. The summed E-state index contributed by atoms with van der Waals surface area (Å²) < 4.78 is 0. The van der Waals surface area contributed by atoms with Crippen LogP contribution in [0, 0.1) is 17.8 Å². The average Bonchev–Trinajstić information content (AvgIpc) is 2.53. The van der Waals surface area contributed by atoms with Crippen molar-refractivity contribution in [1.29, 1.82) is 0 Å². The molecule has 1 saturated carbocycles. The first-order chi connectivity index (χ1) is 6.27. The highest BCUT2D eigenvalue weighted by atomic mass is 16.3. The van der Waals surface area contributed by atoms with Gasteiger partial charge in [-0.1, -0.05) is 0 Å². The molecule has 72 valence electrons. The van der Waals surface area contributed by atoms with Crippen LogP contribution in [0.4, 0.5) is 0 Å². The topological polar surface area (TPSA) is 52.6 Å². The summed E-state index contributed by atoms with van der Waals surface area (Å²) in [7, 11) is 0. The van der Waals surface area contributed by atoms with E-state index in [0.29, 0.717) is 24.9 Å². The molecule has 3 fully saturated rings. The molecule has 4 nitrogen and oxygen atoms in total. The molecule has 1 amide bonds. The summed E-state index contributed by atoms with van der Waals surface area (Å²) in [6, 6.07) is 0. The first kappa shape index (κ1) is 7.76. The molecule has 0 radical (unpaired) electrons. The fourth-order valence-corrected chi connectivity index (χ4v) is 2.63. The van der Waals surface area contributed by atoms with E-state index >= 15 is 0 Å². The highest BCUT2D eigenvalue weighted by Gasteiger charge is 2.58. The zero-order chi connectivity index (χ0) is 9.00. The van der Waals surface area contributed by atoms with Crippen LogP contribution in [0.1, 0.15) is 0 Å². The molecule has 3 rings (SSSR count). The fourth-order valence-electron chi connectivity index (χ4n) is 2.63. The predicted octanol–water partition coefficient (Wildman–Crippen LogP) is -1.35. The van der Waals surface area contributed by atoms with Gasteiger partial charge < -0.3 is 15.3 Å². The van der Waals surface area contributed by atoms with Crippen LogP contribution in [0.2, 0.25) is 0 Å². The van der Waals surface area contributed by atoms with Crippen molar-refractivity contribution in [3.8, 4) is 0 Å².